The molecule has 0 aromatic carbocycles. The van der Waals surface area contributed by atoms with E-state index in [0.29, 0.717) is 5.76 Å². The largest absolute Gasteiger partial charge is 0.467 e. The predicted octanol–water partition coefficient (Wildman–Crippen LogP) is 1.31. The Morgan fingerprint density at radius 2 is 2.25 bits per heavy atom. The van der Waals surface area contributed by atoms with Gasteiger partial charge in [-0.15, -0.1) is 0 Å². The summed E-state index contributed by atoms with van der Waals surface area (Å²) >= 11 is 0. The molecule has 2 heterocycles. The number of hydrogen-bond donors (Lipinski definition) is 2. The van der Waals surface area contributed by atoms with E-state index in [4.69, 9.17) is 4.42 Å². The van der Waals surface area contributed by atoms with Crippen LogP contribution in [0.5, 0.6) is 0 Å². The monoisotopic (exact) mass is 276 g/mol. The molecule has 2 N–H and O–H groups in total. The van der Waals surface area contributed by atoms with E-state index in [2.05, 4.69) is 15.6 Å². The van der Waals surface area contributed by atoms with Crippen LogP contribution in [-0.2, 0) is 11.3 Å². The molecule has 104 valence electrons. The van der Waals surface area contributed by atoms with Crippen LogP contribution in [-0.4, -0.2) is 22.4 Å². The van der Waals surface area contributed by atoms with Crippen molar-refractivity contribution >= 4 is 17.4 Å². The molecule has 0 fully saturated rings. The lowest BCUT2D eigenvalue weighted by Crippen LogP contribution is -2.29. The summed E-state index contributed by atoms with van der Waals surface area (Å²) in [5.41, 5.74) is -0.175. The van der Waals surface area contributed by atoms with Gasteiger partial charge in [0, 0.05) is 12.3 Å². The molecule has 0 aliphatic rings. The molecule has 2 aromatic rings. The second-order valence-electron chi connectivity index (χ2n) is 3.84. The van der Waals surface area contributed by atoms with Gasteiger partial charge in [0.15, 0.2) is 0 Å². The summed E-state index contributed by atoms with van der Waals surface area (Å²) in [5, 5.41) is 16.0. The fraction of sp³-hybridized carbons (Fsp3) is 0.167. The quantitative estimate of drug-likeness (QED) is 0.608. The standard InChI is InChI=1S/C12H12N4O4/c17-11(14-7-9-3-2-6-20-9)8-15-12-10(16(18)19)4-1-5-13-12/h1-6H,7-8H2,(H,13,15)(H,14,17). The number of anilines is 1. The third kappa shape index (κ3) is 3.55. The van der Waals surface area contributed by atoms with Gasteiger partial charge < -0.3 is 15.1 Å². The first kappa shape index (κ1) is 13.5. The number of carbonyl (C=O) groups excluding carboxylic acids is 1. The van der Waals surface area contributed by atoms with Crippen LogP contribution in [0, 0.1) is 10.1 Å². The lowest BCUT2D eigenvalue weighted by Gasteiger charge is -2.06. The average Bonchev–Trinajstić information content (AvgIpc) is 2.96. The Kier molecular flexibility index (Phi) is 4.28. The highest BCUT2D eigenvalue weighted by Crippen LogP contribution is 2.19. The Morgan fingerprint density at radius 3 is 2.95 bits per heavy atom. The van der Waals surface area contributed by atoms with Gasteiger partial charge in [0.05, 0.1) is 24.3 Å². The van der Waals surface area contributed by atoms with Crippen LogP contribution in [0.3, 0.4) is 0 Å². The number of nitrogens with one attached hydrogen (secondary N) is 2. The molecule has 0 aliphatic heterocycles. The zero-order chi connectivity index (χ0) is 14.4. The van der Waals surface area contributed by atoms with Crippen molar-refractivity contribution in [2.45, 2.75) is 6.54 Å². The number of hydrogen-bond acceptors (Lipinski definition) is 6. The summed E-state index contributed by atoms with van der Waals surface area (Å²) in [6.45, 7) is 0.149. The molecular formula is C12H12N4O4. The first-order valence-electron chi connectivity index (χ1n) is 5.79. The number of rotatable bonds is 6. The van der Waals surface area contributed by atoms with E-state index >= 15 is 0 Å². The molecule has 0 aliphatic carbocycles. The normalized spacial score (nSPS) is 10.0. The maximum absolute atomic E-state index is 11.6. The number of furan rings is 1. The zero-order valence-corrected chi connectivity index (χ0v) is 10.4. The number of aromatic nitrogens is 1. The Morgan fingerprint density at radius 1 is 1.40 bits per heavy atom. The first-order chi connectivity index (χ1) is 9.66. The van der Waals surface area contributed by atoms with Gasteiger partial charge in [-0.1, -0.05) is 0 Å². The number of nitrogens with zero attached hydrogens (tertiary/aromatic N) is 2. The lowest BCUT2D eigenvalue weighted by atomic mass is 10.4. The van der Waals surface area contributed by atoms with Gasteiger partial charge in [0.2, 0.25) is 11.7 Å². The van der Waals surface area contributed by atoms with Crippen LogP contribution in [0.15, 0.2) is 41.1 Å². The fourth-order valence-electron chi connectivity index (χ4n) is 1.51. The second-order valence-corrected chi connectivity index (χ2v) is 3.84. The van der Waals surface area contributed by atoms with Crippen molar-refractivity contribution < 1.29 is 14.1 Å². The van der Waals surface area contributed by atoms with Crippen LogP contribution >= 0.6 is 0 Å². The minimum Gasteiger partial charge on any atom is -0.467 e. The third-order valence-corrected chi connectivity index (χ3v) is 2.44. The van der Waals surface area contributed by atoms with Gasteiger partial charge in [-0.2, -0.15) is 0 Å². The Hall–Kier alpha value is -2.90. The van der Waals surface area contributed by atoms with E-state index in [1.54, 1.807) is 12.1 Å². The summed E-state index contributed by atoms with van der Waals surface area (Å²) < 4.78 is 5.06. The topological polar surface area (TPSA) is 110 Å². The van der Waals surface area contributed by atoms with Crippen molar-refractivity contribution in [3.05, 3.63) is 52.6 Å². The van der Waals surface area contributed by atoms with Crippen LogP contribution in [0.1, 0.15) is 5.76 Å². The second kappa shape index (κ2) is 6.32. The van der Waals surface area contributed by atoms with Crippen LogP contribution in [0.25, 0.3) is 0 Å². The minimum atomic E-state index is -0.559. The van der Waals surface area contributed by atoms with Crippen LogP contribution in [0.4, 0.5) is 11.5 Å². The molecule has 2 aromatic heterocycles. The molecule has 0 unspecified atom stereocenters. The summed E-state index contributed by atoms with van der Waals surface area (Å²) in [6.07, 6.45) is 2.92. The van der Waals surface area contributed by atoms with Gasteiger partial charge >= 0.3 is 5.69 Å². The summed E-state index contributed by atoms with van der Waals surface area (Å²) in [4.78, 5) is 25.6. The average molecular weight is 276 g/mol. The predicted molar refractivity (Wildman–Crippen MR) is 69.9 cm³/mol. The molecule has 2 rings (SSSR count). The van der Waals surface area contributed by atoms with Gasteiger partial charge in [-0.3, -0.25) is 14.9 Å². The minimum absolute atomic E-state index is 0.0608. The molecule has 0 spiro atoms. The molecule has 20 heavy (non-hydrogen) atoms. The fourth-order valence-corrected chi connectivity index (χ4v) is 1.51. The first-order valence-corrected chi connectivity index (χ1v) is 5.79. The number of amides is 1. The van der Waals surface area contributed by atoms with E-state index in [9.17, 15) is 14.9 Å². The van der Waals surface area contributed by atoms with Crippen molar-refractivity contribution in [1.29, 1.82) is 0 Å². The third-order valence-electron chi connectivity index (χ3n) is 2.44. The van der Waals surface area contributed by atoms with Crippen molar-refractivity contribution in [2.75, 3.05) is 11.9 Å². The SMILES string of the molecule is O=C(CNc1ncccc1[N+](=O)[O-])NCc1ccco1. The van der Waals surface area contributed by atoms with E-state index in [0.717, 1.165) is 0 Å². The van der Waals surface area contributed by atoms with E-state index in [-0.39, 0.29) is 30.5 Å². The van der Waals surface area contributed by atoms with Crippen molar-refractivity contribution in [3.63, 3.8) is 0 Å². The molecule has 0 saturated carbocycles. The van der Waals surface area contributed by atoms with Gasteiger partial charge in [-0.05, 0) is 18.2 Å². The highest BCUT2D eigenvalue weighted by molar-refractivity contribution is 5.81. The smallest absolute Gasteiger partial charge is 0.311 e. The maximum Gasteiger partial charge on any atom is 0.311 e. The number of nitro groups is 1. The Balaban J connectivity index is 1.85. The summed E-state index contributed by atoms with van der Waals surface area (Å²) in [6, 6.07) is 6.23. The van der Waals surface area contributed by atoms with Crippen molar-refractivity contribution in [3.8, 4) is 0 Å². The number of carbonyl (C=O) groups is 1. The summed E-state index contributed by atoms with van der Waals surface area (Å²) in [7, 11) is 0. The highest BCUT2D eigenvalue weighted by atomic mass is 16.6. The molecule has 1 amide bonds. The van der Waals surface area contributed by atoms with Crippen LogP contribution in [0.2, 0.25) is 0 Å². The van der Waals surface area contributed by atoms with Gasteiger partial charge in [0.1, 0.15) is 5.76 Å². The van der Waals surface area contributed by atoms with Gasteiger partial charge in [-0.25, -0.2) is 4.98 Å². The lowest BCUT2D eigenvalue weighted by molar-refractivity contribution is -0.384. The van der Waals surface area contributed by atoms with E-state index in [1.165, 1.54) is 24.6 Å². The molecule has 0 bridgehead atoms. The molecule has 0 radical (unpaired) electrons. The van der Waals surface area contributed by atoms with Crippen molar-refractivity contribution in [1.82, 2.24) is 10.3 Å². The van der Waals surface area contributed by atoms with E-state index < -0.39 is 4.92 Å². The zero-order valence-electron chi connectivity index (χ0n) is 10.4. The van der Waals surface area contributed by atoms with Crippen molar-refractivity contribution in [2.24, 2.45) is 0 Å². The molecule has 8 heteroatoms. The molecule has 0 saturated heterocycles. The van der Waals surface area contributed by atoms with E-state index in [1.807, 2.05) is 0 Å². The molecular weight excluding hydrogens is 264 g/mol. The molecule has 8 nitrogen and oxygen atoms in total. The Labute approximate surface area is 114 Å². The highest BCUT2D eigenvalue weighted by Gasteiger charge is 2.14. The number of pyridine rings is 1. The Bertz CT molecular complexity index is 597. The maximum atomic E-state index is 11.6. The van der Waals surface area contributed by atoms with Gasteiger partial charge in [0.25, 0.3) is 0 Å². The van der Waals surface area contributed by atoms with Crippen LogP contribution < -0.4 is 10.6 Å². The molecule has 0 atom stereocenters. The summed E-state index contributed by atoms with van der Waals surface area (Å²) in [5.74, 6) is 0.370.